The predicted molar refractivity (Wildman–Crippen MR) is 85.3 cm³/mol. The first kappa shape index (κ1) is 20.2. The molecule has 2 heteroatoms. The summed E-state index contributed by atoms with van der Waals surface area (Å²) in [4.78, 5) is 5.18. The van der Waals surface area contributed by atoms with Gasteiger partial charge >= 0.3 is 0 Å². The van der Waals surface area contributed by atoms with Crippen LogP contribution >= 0.6 is 0 Å². The summed E-state index contributed by atoms with van der Waals surface area (Å²) < 4.78 is 0. The number of nitrogens with zero attached hydrogens (tertiary/aromatic N) is 2. The lowest BCUT2D eigenvalue weighted by Gasteiger charge is -2.42. The van der Waals surface area contributed by atoms with Gasteiger partial charge in [-0.25, -0.2) is 0 Å². The number of hydrogen-bond donors (Lipinski definition) is 0. The summed E-state index contributed by atoms with van der Waals surface area (Å²) in [6.45, 7) is 20.4. The molecule has 1 aliphatic heterocycles. The minimum atomic E-state index is 0.600. The van der Waals surface area contributed by atoms with Crippen LogP contribution in [0.15, 0.2) is 0 Å². The zero-order valence-corrected chi connectivity index (χ0v) is 14.5. The summed E-state index contributed by atoms with van der Waals surface area (Å²) >= 11 is 0. The van der Waals surface area contributed by atoms with Gasteiger partial charge in [-0.15, -0.1) is 0 Å². The second kappa shape index (κ2) is 10.8. The van der Waals surface area contributed by atoms with Crippen molar-refractivity contribution in [3.63, 3.8) is 0 Å². The lowest BCUT2D eigenvalue weighted by atomic mass is 10.1. The highest BCUT2D eigenvalue weighted by Gasteiger charge is 2.49. The highest BCUT2D eigenvalue weighted by Crippen LogP contribution is 2.43. The van der Waals surface area contributed by atoms with Gasteiger partial charge in [-0.3, -0.25) is 9.80 Å². The van der Waals surface area contributed by atoms with E-state index in [4.69, 9.17) is 0 Å². The zero-order chi connectivity index (χ0) is 14.8. The van der Waals surface area contributed by atoms with Gasteiger partial charge in [0.25, 0.3) is 0 Å². The van der Waals surface area contributed by atoms with E-state index in [-0.39, 0.29) is 0 Å². The molecule has 1 saturated carbocycles. The fourth-order valence-electron chi connectivity index (χ4n) is 2.22. The Bertz CT molecular complexity index is 174. The van der Waals surface area contributed by atoms with Gasteiger partial charge in [-0.2, -0.15) is 0 Å². The van der Waals surface area contributed by atoms with Crippen LogP contribution in [0.3, 0.4) is 0 Å². The average Bonchev–Trinajstić information content (AvgIpc) is 3.20. The van der Waals surface area contributed by atoms with Crippen molar-refractivity contribution in [2.75, 3.05) is 26.7 Å². The number of piperazine rings is 1. The van der Waals surface area contributed by atoms with E-state index in [1.54, 1.807) is 0 Å². The summed E-state index contributed by atoms with van der Waals surface area (Å²) in [6, 6.07) is 0.733. The highest BCUT2D eigenvalue weighted by molar-refractivity contribution is 5.07. The first-order valence-corrected chi connectivity index (χ1v) is 8.09. The molecule has 2 rings (SSSR count). The molecule has 0 aromatic carbocycles. The average molecular weight is 258 g/mol. The molecule has 18 heavy (non-hydrogen) atoms. The fraction of sp³-hybridized carbons (Fsp3) is 1.00. The Labute approximate surface area is 117 Å². The maximum Gasteiger partial charge on any atom is 0.0335 e. The molecule has 2 aliphatic rings. The third kappa shape index (κ3) is 5.71. The topological polar surface area (TPSA) is 6.48 Å². The molecule has 0 bridgehead atoms. The molecule has 0 N–H and O–H groups in total. The van der Waals surface area contributed by atoms with Crippen molar-refractivity contribution in [3.05, 3.63) is 0 Å². The van der Waals surface area contributed by atoms with E-state index in [9.17, 15) is 0 Å². The Morgan fingerprint density at radius 3 is 1.61 bits per heavy atom. The third-order valence-corrected chi connectivity index (χ3v) is 3.59. The SMILES string of the molecule is CC.CC.CC.CC(C)N1CCN(C)C2(CC2)C1. The van der Waals surface area contributed by atoms with Crippen LogP contribution in [0, 0.1) is 0 Å². The van der Waals surface area contributed by atoms with Crippen LogP contribution < -0.4 is 0 Å². The maximum absolute atomic E-state index is 2.62. The van der Waals surface area contributed by atoms with Gasteiger partial charge in [0, 0.05) is 31.2 Å². The molecule has 0 amide bonds. The summed E-state index contributed by atoms with van der Waals surface area (Å²) in [5.74, 6) is 0. The van der Waals surface area contributed by atoms with Crippen LogP contribution in [-0.4, -0.2) is 48.1 Å². The van der Waals surface area contributed by atoms with Crippen molar-refractivity contribution < 1.29 is 0 Å². The molecule has 1 saturated heterocycles. The van der Waals surface area contributed by atoms with Gasteiger partial charge in [0.05, 0.1) is 0 Å². The lowest BCUT2D eigenvalue weighted by Crippen LogP contribution is -2.54. The fourth-order valence-corrected chi connectivity index (χ4v) is 2.22. The van der Waals surface area contributed by atoms with Gasteiger partial charge in [0.15, 0.2) is 0 Å². The molecular weight excluding hydrogens is 220 g/mol. The lowest BCUT2D eigenvalue weighted by molar-refractivity contribution is 0.0610. The van der Waals surface area contributed by atoms with Gasteiger partial charge < -0.3 is 0 Å². The zero-order valence-electron chi connectivity index (χ0n) is 14.5. The van der Waals surface area contributed by atoms with E-state index in [2.05, 4.69) is 30.7 Å². The number of rotatable bonds is 1. The molecule has 1 aliphatic carbocycles. The van der Waals surface area contributed by atoms with E-state index in [1.165, 1.54) is 32.5 Å². The molecule has 2 fully saturated rings. The first-order valence-electron chi connectivity index (χ1n) is 8.09. The van der Waals surface area contributed by atoms with Crippen LogP contribution in [-0.2, 0) is 0 Å². The smallest absolute Gasteiger partial charge is 0.0335 e. The van der Waals surface area contributed by atoms with Crippen LogP contribution in [0.4, 0.5) is 0 Å². The summed E-state index contributed by atoms with van der Waals surface area (Å²) in [6.07, 6.45) is 2.85. The van der Waals surface area contributed by atoms with Crippen LogP contribution in [0.25, 0.3) is 0 Å². The standard InChI is InChI=1S/C10H20N2.3C2H6/c1-9(2)12-7-6-11(3)10(8-12)4-5-10;3*1-2/h9H,4-8H2,1-3H3;3*1-2H3. The molecule has 2 nitrogen and oxygen atoms in total. The molecule has 0 radical (unpaired) electrons. The van der Waals surface area contributed by atoms with E-state index in [0.29, 0.717) is 5.54 Å². The quantitative estimate of drug-likeness (QED) is 0.693. The Kier molecular flexibility index (Phi) is 12.2. The Morgan fingerprint density at radius 1 is 0.833 bits per heavy atom. The van der Waals surface area contributed by atoms with Crippen molar-refractivity contribution in [3.8, 4) is 0 Å². The second-order valence-corrected chi connectivity index (χ2v) is 4.71. The Morgan fingerprint density at radius 2 is 1.28 bits per heavy atom. The largest absolute Gasteiger partial charge is 0.298 e. The van der Waals surface area contributed by atoms with Gasteiger partial charge in [-0.1, -0.05) is 41.5 Å². The third-order valence-electron chi connectivity index (χ3n) is 3.59. The monoisotopic (exact) mass is 258 g/mol. The molecular formula is C16H38N2. The van der Waals surface area contributed by atoms with Crippen LogP contribution in [0.2, 0.25) is 0 Å². The predicted octanol–water partition coefficient (Wildman–Crippen LogP) is 4.25. The van der Waals surface area contributed by atoms with Crippen molar-refractivity contribution in [2.24, 2.45) is 0 Å². The van der Waals surface area contributed by atoms with Crippen molar-refractivity contribution >= 4 is 0 Å². The minimum Gasteiger partial charge on any atom is -0.298 e. The maximum atomic E-state index is 2.62. The number of hydrogen-bond acceptors (Lipinski definition) is 2. The van der Waals surface area contributed by atoms with Gasteiger partial charge in [0.1, 0.15) is 0 Å². The number of likely N-dealkylation sites (N-methyl/N-ethyl adjacent to an activating group) is 1. The summed E-state index contributed by atoms with van der Waals surface area (Å²) in [5, 5.41) is 0. The van der Waals surface area contributed by atoms with Gasteiger partial charge in [0.2, 0.25) is 0 Å². The van der Waals surface area contributed by atoms with Gasteiger partial charge in [-0.05, 0) is 33.7 Å². The Balaban J connectivity index is 0. The second-order valence-electron chi connectivity index (χ2n) is 4.71. The summed E-state index contributed by atoms with van der Waals surface area (Å²) in [7, 11) is 2.28. The van der Waals surface area contributed by atoms with Crippen molar-refractivity contribution in [2.45, 2.75) is 79.8 Å². The van der Waals surface area contributed by atoms with Crippen LogP contribution in [0.1, 0.15) is 68.2 Å². The molecule has 0 aromatic rings. The molecule has 1 heterocycles. The normalized spacial score (nSPS) is 21.0. The summed E-state index contributed by atoms with van der Waals surface area (Å²) in [5.41, 5.74) is 0.600. The van der Waals surface area contributed by atoms with Crippen molar-refractivity contribution in [1.29, 1.82) is 0 Å². The van der Waals surface area contributed by atoms with Crippen molar-refractivity contribution in [1.82, 2.24) is 9.80 Å². The van der Waals surface area contributed by atoms with E-state index in [1.807, 2.05) is 41.5 Å². The molecule has 1 spiro atoms. The molecule has 0 unspecified atom stereocenters. The van der Waals surface area contributed by atoms with Crippen LogP contribution in [0.5, 0.6) is 0 Å². The molecule has 0 aromatic heterocycles. The van der Waals surface area contributed by atoms with E-state index in [0.717, 1.165) is 6.04 Å². The highest BCUT2D eigenvalue weighted by atomic mass is 15.3. The van der Waals surface area contributed by atoms with E-state index < -0.39 is 0 Å². The Hall–Kier alpha value is -0.0800. The van der Waals surface area contributed by atoms with E-state index >= 15 is 0 Å². The minimum absolute atomic E-state index is 0.600. The molecule has 112 valence electrons. The molecule has 0 atom stereocenters. The first-order chi connectivity index (χ1) is 8.64.